The van der Waals surface area contributed by atoms with Gasteiger partial charge in [-0.2, -0.15) is 0 Å². The summed E-state index contributed by atoms with van der Waals surface area (Å²) < 4.78 is 31.0. The number of carbonyl (C=O) groups excluding carboxylic acids is 1. The summed E-state index contributed by atoms with van der Waals surface area (Å²) in [5.41, 5.74) is 3.78. The van der Waals surface area contributed by atoms with Gasteiger partial charge in [0.2, 0.25) is 15.9 Å². The number of pyridine rings is 1. The second-order valence-electron chi connectivity index (χ2n) is 9.00. The molecule has 1 aromatic heterocycles. The molecule has 0 spiro atoms. The van der Waals surface area contributed by atoms with Gasteiger partial charge in [-0.15, -0.1) is 0 Å². The summed E-state index contributed by atoms with van der Waals surface area (Å²) in [5, 5.41) is 12.9. The minimum atomic E-state index is -3.68. The number of carbonyl (C=O) groups is 1. The first kappa shape index (κ1) is 22.5. The Kier molecular flexibility index (Phi) is 6.13. The van der Waals surface area contributed by atoms with Crippen LogP contribution in [0.4, 0.5) is 10.5 Å². The van der Waals surface area contributed by atoms with E-state index in [0.717, 1.165) is 60.6 Å². The summed E-state index contributed by atoms with van der Waals surface area (Å²) in [6, 6.07) is 6.89. The Morgan fingerprint density at radius 1 is 1.22 bits per heavy atom. The van der Waals surface area contributed by atoms with Gasteiger partial charge in [0.05, 0.1) is 17.5 Å². The second kappa shape index (κ2) is 8.71. The number of amides is 2. The molecule has 1 heterocycles. The quantitative estimate of drug-likeness (QED) is 0.631. The number of anilines is 1. The van der Waals surface area contributed by atoms with E-state index in [4.69, 9.17) is 4.74 Å². The van der Waals surface area contributed by atoms with Crippen molar-refractivity contribution in [1.29, 1.82) is 0 Å². The maximum Gasteiger partial charge on any atom is 0.332 e. The first-order chi connectivity index (χ1) is 15.1. The number of aliphatic hydroxyl groups is 1. The molecule has 0 bridgehead atoms. The number of benzene rings is 1. The Labute approximate surface area is 188 Å². The van der Waals surface area contributed by atoms with Crippen LogP contribution in [0.3, 0.4) is 0 Å². The van der Waals surface area contributed by atoms with Gasteiger partial charge in [-0.05, 0) is 74.6 Å². The molecular weight excluding hydrogens is 430 g/mol. The van der Waals surface area contributed by atoms with Gasteiger partial charge in [-0.1, -0.05) is 12.1 Å². The van der Waals surface area contributed by atoms with Gasteiger partial charge >= 0.3 is 6.03 Å². The number of urea groups is 1. The molecule has 1 fully saturated rings. The number of aromatic nitrogens is 1. The van der Waals surface area contributed by atoms with E-state index in [9.17, 15) is 18.3 Å². The van der Waals surface area contributed by atoms with E-state index in [-0.39, 0.29) is 6.10 Å². The smallest absolute Gasteiger partial charge is 0.332 e. The average Bonchev–Trinajstić information content (AvgIpc) is 3.18. The molecule has 0 atom stereocenters. The zero-order valence-corrected chi connectivity index (χ0v) is 19.2. The van der Waals surface area contributed by atoms with E-state index >= 15 is 0 Å². The number of nitrogens with one attached hydrogen (secondary N) is 2. The first-order valence-electron chi connectivity index (χ1n) is 10.9. The summed E-state index contributed by atoms with van der Waals surface area (Å²) in [7, 11) is -3.68. The number of ether oxygens (including phenoxy) is 1. The highest BCUT2D eigenvalue weighted by Gasteiger charge is 2.30. The normalized spacial score (nSPS) is 22.8. The van der Waals surface area contributed by atoms with Crippen LogP contribution < -0.4 is 14.8 Å². The third-order valence-corrected chi connectivity index (χ3v) is 6.70. The van der Waals surface area contributed by atoms with Crippen LogP contribution in [0.2, 0.25) is 0 Å². The second-order valence-corrected chi connectivity index (χ2v) is 10.8. The molecule has 32 heavy (non-hydrogen) atoms. The summed E-state index contributed by atoms with van der Waals surface area (Å²) in [4.78, 5) is 16.7. The van der Waals surface area contributed by atoms with Crippen molar-refractivity contribution in [2.45, 2.75) is 63.6 Å². The molecule has 2 aromatic rings. The van der Waals surface area contributed by atoms with Gasteiger partial charge in [0.1, 0.15) is 6.10 Å². The average molecular weight is 460 g/mol. The zero-order valence-electron chi connectivity index (χ0n) is 18.3. The van der Waals surface area contributed by atoms with E-state index < -0.39 is 21.7 Å². The van der Waals surface area contributed by atoms with E-state index in [1.807, 2.05) is 29.8 Å². The Morgan fingerprint density at radius 3 is 2.69 bits per heavy atom. The fourth-order valence-corrected chi connectivity index (χ4v) is 4.89. The lowest BCUT2D eigenvalue weighted by Crippen LogP contribution is -2.34. The highest BCUT2D eigenvalue weighted by Crippen LogP contribution is 2.38. The zero-order chi connectivity index (χ0) is 22.9. The van der Waals surface area contributed by atoms with E-state index in [1.165, 1.54) is 0 Å². The van der Waals surface area contributed by atoms with Crippen molar-refractivity contribution in [3.8, 4) is 17.0 Å². The lowest BCUT2D eigenvalue weighted by molar-refractivity contribution is -0.0117. The maximum absolute atomic E-state index is 12.3. The van der Waals surface area contributed by atoms with Gasteiger partial charge in [0.15, 0.2) is 0 Å². The van der Waals surface area contributed by atoms with Crippen LogP contribution in [-0.2, 0) is 22.9 Å². The largest absolute Gasteiger partial charge is 0.474 e. The molecule has 2 amide bonds. The standard InChI is InChI=1S/C23H29N3O5S/c1-23(28)11-8-17(9-12-23)31-20-14-16(10-13-24-20)19-7-6-15-4-3-5-18(15)21(19)25-22(27)26-32(2,29)30/h6-7,10,13-14,17,28H,3-5,8-9,11-12H2,1-2H3,(H2,25,26,27). The Balaban J connectivity index is 1.61. The summed E-state index contributed by atoms with van der Waals surface area (Å²) >= 11 is 0. The number of hydrogen-bond donors (Lipinski definition) is 3. The minimum Gasteiger partial charge on any atom is -0.474 e. The Hall–Kier alpha value is -2.65. The van der Waals surface area contributed by atoms with Crippen molar-refractivity contribution in [3.05, 3.63) is 41.6 Å². The number of sulfonamides is 1. The third kappa shape index (κ3) is 5.39. The number of rotatable bonds is 5. The van der Waals surface area contributed by atoms with Crippen LogP contribution in [0.5, 0.6) is 5.88 Å². The summed E-state index contributed by atoms with van der Waals surface area (Å²) in [6.45, 7) is 1.85. The van der Waals surface area contributed by atoms with Crippen LogP contribution in [-0.4, -0.2) is 42.5 Å². The molecule has 8 nitrogen and oxygen atoms in total. The number of fused-ring (bicyclic) bond motifs is 1. The summed E-state index contributed by atoms with van der Waals surface area (Å²) in [5.74, 6) is 0.487. The van der Waals surface area contributed by atoms with E-state index in [2.05, 4.69) is 16.4 Å². The Morgan fingerprint density at radius 2 is 1.97 bits per heavy atom. The predicted octanol–water partition coefficient (Wildman–Crippen LogP) is 3.39. The summed E-state index contributed by atoms with van der Waals surface area (Å²) in [6.07, 6.45) is 8.22. The van der Waals surface area contributed by atoms with Crippen molar-refractivity contribution in [1.82, 2.24) is 9.71 Å². The van der Waals surface area contributed by atoms with Gasteiger partial charge in [0, 0.05) is 17.8 Å². The maximum atomic E-state index is 12.3. The van der Waals surface area contributed by atoms with Crippen molar-refractivity contribution >= 4 is 21.7 Å². The van der Waals surface area contributed by atoms with Crippen LogP contribution in [0.1, 0.15) is 50.2 Å². The molecule has 9 heteroatoms. The van der Waals surface area contributed by atoms with Gasteiger partial charge in [0.25, 0.3) is 0 Å². The molecule has 2 aliphatic carbocycles. The molecule has 172 valence electrons. The third-order valence-electron chi connectivity index (χ3n) is 6.14. The molecule has 0 aliphatic heterocycles. The van der Waals surface area contributed by atoms with Crippen LogP contribution in [0.15, 0.2) is 30.5 Å². The number of aryl methyl sites for hydroxylation is 1. The molecule has 4 rings (SSSR count). The molecule has 2 aliphatic rings. The van der Waals surface area contributed by atoms with E-state index in [0.29, 0.717) is 24.4 Å². The topological polar surface area (TPSA) is 118 Å². The highest BCUT2D eigenvalue weighted by atomic mass is 32.2. The van der Waals surface area contributed by atoms with Crippen LogP contribution in [0, 0.1) is 0 Å². The Bertz CT molecular complexity index is 1120. The predicted molar refractivity (Wildman–Crippen MR) is 122 cm³/mol. The molecule has 0 radical (unpaired) electrons. The monoisotopic (exact) mass is 459 g/mol. The van der Waals surface area contributed by atoms with Crippen LogP contribution >= 0.6 is 0 Å². The molecule has 0 saturated heterocycles. The van der Waals surface area contributed by atoms with Crippen LogP contribution in [0.25, 0.3) is 11.1 Å². The van der Waals surface area contributed by atoms with Crippen molar-refractivity contribution in [2.24, 2.45) is 0 Å². The van der Waals surface area contributed by atoms with E-state index in [1.54, 1.807) is 6.20 Å². The molecule has 1 aromatic carbocycles. The van der Waals surface area contributed by atoms with Gasteiger partial charge < -0.3 is 15.2 Å². The van der Waals surface area contributed by atoms with Gasteiger partial charge in [-0.25, -0.2) is 22.9 Å². The SMILES string of the molecule is CC1(O)CCC(Oc2cc(-c3ccc4c(c3NC(=O)NS(C)(=O)=O)CCC4)ccn2)CC1. The molecular formula is C23H29N3O5S. The first-order valence-corrected chi connectivity index (χ1v) is 12.8. The highest BCUT2D eigenvalue weighted by molar-refractivity contribution is 7.89. The molecule has 3 N–H and O–H groups in total. The van der Waals surface area contributed by atoms with Crippen molar-refractivity contribution in [3.63, 3.8) is 0 Å². The van der Waals surface area contributed by atoms with Crippen molar-refractivity contribution in [2.75, 3.05) is 11.6 Å². The molecule has 1 saturated carbocycles. The molecule has 0 unspecified atom stereocenters. The van der Waals surface area contributed by atoms with Gasteiger partial charge in [-0.3, -0.25) is 0 Å². The fourth-order valence-electron chi connectivity index (χ4n) is 4.50. The fraction of sp³-hybridized carbons (Fsp3) is 0.478. The van der Waals surface area contributed by atoms with Crippen molar-refractivity contribution < 1.29 is 23.1 Å². The lowest BCUT2D eigenvalue weighted by atomic mass is 9.85. The minimum absolute atomic E-state index is 0.00358. The lowest BCUT2D eigenvalue weighted by Gasteiger charge is -2.32. The number of nitrogens with zero attached hydrogens (tertiary/aromatic N) is 1. The number of hydrogen-bond acceptors (Lipinski definition) is 6.